The van der Waals surface area contributed by atoms with Crippen LogP contribution in [0.25, 0.3) is 10.9 Å². The molecule has 0 saturated carbocycles. The molecule has 0 spiro atoms. The van der Waals surface area contributed by atoms with Crippen LogP contribution < -0.4 is 4.74 Å². The number of piperazine rings is 1. The number of ketones is 1. The first-order chi connectivity index (χ1) is 16.4. The number of allylic oxidation sites excluding steroid dienone is 4. The predicted octanol–water partition coefficient (Wildman–Crippen LogP) is 3.62. The number of hydrogen-bond acceptors (Lipinski definition) is 5. The Bertz CT molecular complexity index is 1150. The fourth-order valence-corrected chi connectivity index (χ4v) is 3.54. The van der Waals surface area contributed by atoms with Crippen LogP contribution in [0.5, 0.6) is 5.75 Å². The number of methoxy groups -OCH3 is 1. The molecule has 178 valence electrons. The third-order valence-corrected chi connectivity index (χ3v) is 5.30. The number of rotatable bonds is 6. The number of Topliss-reactive ketones (excluding diaryl/α,β-unsaturated/α-hetero) is 1. The summed E-state index contributed by atoms with van der Waals surface area (Å²) in [5, 5.41) is 9.68. The smallest absolute Gasteiger partial charge is 0.295 e. The maximum absolute atomic E-state index is 12.9. The molecular formula is C26H30N4O4. The lowest BCUT2D eigenvalue weighted by Gasteiger charge is -2.33. The van der Waals surface area contributed by atoms with Gasteiger partial charge in [-0.25, -0.2) is 0 Å². The summed E-state index contributed by atoms with van der Waals surface area (Å²) in [6.07, 6.45) is 11.3. The molecule has 0 aliphatic carbocycles. The van der Waals surface area contributed by atoms with Crippen molar-refractivity contribution in [1.29, 1.82) is 5.26 Å². The summed E-state index contributed by atoms with van der Waals surface area (Å²) in [6, 6.07) is 5.24. The number of amides is 2. The number of hydrogen-bond donors (Lipinski definition) is 1. The molecule has 8 heteroatoms. The number of benzene rings is 1. The summed E-state index contributed by atoms with van der Waals surface area (Å²) in [7, 11) is 1.46. The number of H-pyrrole nitrogens is 1. The van der Waals surface area contributed by atoms with E-state index < -0.39 is 11.7 Å². The summed E-state index contributed by atoms with van der Waals surface area (Å²) in [6.45, 7) is 8.90. The van der Waals surface area contributed by atoms with Crippen LogP contribution in [0.3, 0.4) is 0 Å². The minimum atomic E-state index is -0.684. The number of aromatic amines is 1. The van der Waals surface area contributed by atoms with Crippen molar-refractivity contribution in [2.75, 3.05) is 33.3 Å². The van der Waals surface area contributed by atoms with E-state index in [1.165, 1.54) is 30.4 Å². The van der Waals surface area contributed by atoms with Crippen LogP contribution in [0.1, 0.15) is 36.2 Å². The number of nitrogens with zero attached hydrogens (tertiary/aromatic N) is 3. The van der Waals surface area contributed by atoms with Gasteiger partial charge in [-0.2, -0.15) is 5.26 Å². The Hall–Kier alpha value is -4.12. The maximum Gasteiger partial charge on any atom is 0.295 e. The zero-order valence-corrected chi connectivity index (χ0v) is 19.8. The second-order valence-corrected chi connectivity index (χ2v) is 7.40. The van der Waals surface area contributed by atoms with E-state index >= 15 is 0 Å². The topological polar surface area (TPSA) is 107 Å². The zero-order valence-electron chi connectivity index (χ0n) is 19.8. The Morgan fingerprint density at radius 2 is 1.88 bits per heavy atom. The van der Waals surface area contributed by atoms with Gasteiger partial charge in [0.1, 0.15) is 11.8 Å². The van der Waals surface area contributed by atoms with E-state index in [2.05, 4.69) is 36.7 Å². The second-order valence-electron chi connectivity index (χ2n) is 7.40. The van der Waals surface area contributed by atoms with Crippen LogP contribution in [-0.2, 0) is 9.59 Å². The van der Waals surface area contributed by atoms with Gasteiger partial charge in [0.15, 0.2) is 0 Å². The van der Waals surface area contributed by atoms with Crippen molar-refractivity contribution in [3.05, 3.63) is 66.4 Å². The van der Waals surface area contributed by atoms with E-state index in [0.29, 0.717) is 35.3 Å². The highest BCUT2D eigenvalue weighted by Crippen LogP contribution is 2.31. The van der Waals surface area contributed by atoms with Crippen molar-refractivity contribution < 1.29 is 19.1 Å². The SMILES string of the molecule is C/C=C\CC.C=C/C=C/C(=O)N1CCN(C(=O)C(=O)c2c[nH]c3c(C#N)ccc(OC)c23)CC1. The van der Waals surface area contributed by atoms with E-state index in [9.17, 15) is 19.6 Å². The van der Waals surface area contributed by atoms with Gasteiger partial charge in [-0.15, -0.1) is 0 Å². The Morgan fingerprint density at radius 3 is 2.41 bits per heavy atom. The molecule has 0 atom stereocenters. The Labute approximate surface area is 199 Å². The molecule has 1 saturated heterocycles. The summed E-state index contributed by atoms with van der Waals surface area (Å²) < 4.78 is 5.31. The standard InChI is InChI=1S/C21H20N4O4.C5H10/c1-3-4-5-17(26)24-8-10-25(11-9-24)21(28)20(27)15-13-23-19-14(12-22)6-7-16(29-2)18(15)19;1-3-5-4-2/h3-7,13,23H,1,8-11H2,2H3;3,5H,4H2,1-2H3/b5-4+;5-3-. The fourth-order valence-electron chi connectivity index (χ4n) is 3.54. The van der Waals surface area contributed by atoms with Gasteiger partial charge in [0.25, 0.3) is 11.7 Å². The summed E-state index contributed by atoms with van der Waals surface area (Å²) >= 11 is 0. The monoisotopic (exact) mass is 462 g/mol. The minimum absolute atomic E-state index is 0.159. The molecule has 2 heterocycles. The van der Waals surface area contributed by atoms with Crippen molar-refractivity contribution in [2.45, 2.75) is 20.3 Å². The van der Waals surface area contributed by atoms with E-state index in [4.69, 9.17) is 4.74 Å². The number of nitriles is 1. The van der Waals surface area contributed by atoms with E-state index in [0.717, 1.165) is 6.42 Å². The first kappa shape index (κ1) is 26.1. The van der Waals surface area contributed by atoms with Gasteiger partial charge < -0.3 is 19.5 Å². The lowest BCUT2D eigenvalue weighted by Crippen LogP contribution is -2.51. The zero-order chi connectivity index (χ0) is 25.1. The molecule has 3 rings (SSSR count). The Kier molecular flexibility index (Phi) is 9.84. The normalized spacial score (nSPS) is 13.5. The predicted molar refractivity (Wildman–Crippen MR) is 131 cm³/mol. The largest absolute Gasteiger partial charge is 0.496 e. The van der Waals surface area contributed by atoms with Gasteiger partial charge in [-0.05, 0) is 25.5 Å². The molecule has 2 amide bonds. The molecule has 2 aromatic rings. The number of ether oxygens (including phenoxy) is 1. The van der Waals surface area contributed by atoms with Gasteiger partial charge in [-0.1, -0.05) is 37.8 Å². The van der Waals surface area contributed by atoms with Crippen molar-refractivity contribution in [1.82, 2.24) is 14.8 Å². The van der Waals surface area contributed by atoms with Crippen LogP contribution in [0, 0.1) is 11.3 Å². The molecule has 0 radical (unpaired) electrons. The van der Waals surface area contributed by atoms with Crippen LogP contribution >= 0.6 is 0 Å². The third-order valence-electron chi connectivity index (χ3n) is 5.30. The quantitative estimate of drug-likeness (QED) is 0.232. The van der Waals surface area contributed by atoms with Gasteiger partial charge in [0, 0.05) is 38.5 Å². The third kappa shape index (κ3) is 6.01. The Morgan fingerprint density at radius 1 is 1.21 bits per heavy atom. The highest BCUT2D eigenvalue weighted by molar-refractivity contribution is 6.45. The van der Waals surface area contributed by atoms with Crippen LogP contribution in [0.4, 0.5) is 0 Å². The van der Waals surface area contributed by atoms with E-state index in [1.807, 2.05) is 6.92 Å². The molecule has 8 nitrogen and oxygen atoms in total. The molecular weight excluding hydrogens is 432 g/mol. The summed E-state index contributed by atoms with van der Waals surface area (Å²) in [4.78, 5) is 43.6. The van der Waals surface area contributed by atoms with Gasteiger partial charge >= 0.3 is 0 Å². The number of fused-ring (bicyclic) bond motifs is 1. The number of aromatic nitrogens is 1. The van der Waals surface area contributed by atoms with Crippen LogP contribution in [-0.4, -0.2) is 65.7 Å². The molecule has 1 aliphatic rings. The summed E-state index contributed by atoms with van der Waals surface area (Å²) in [5.41, 5.74) is 0.964. The van der Waals surface area contributed by atoms with Crippen LogP contribution in [0.2, 0.25) is 0 Å². The van der Waals surface area contributed by atoms with Crippen molar-refractivity contribution >= 4 is 28.5 Å². The second kappa shape index (κ2) is 12.8. The van der Waals surface area contributed by atoms with E-state index in [-0.39, 0.29) is 24.6 Å². The number of carbonyl (C=O) groups excluding carboxylic acids is 3. The summed E-state index contributed by atoms with van der Waals surface area (Å²) in [5.74, 6) is -1.09. The molecule has 0 unspecified atom stereocenters. The van der Waals surface area contributed by atoms with Gasteiger partial charge in [0.05, 0.1) is 29.1 Å². The molecule has 1 aromatic heterocycles. The number of carbonyl (C=O) groups is 3. The van der Waals surface area contributed by atoms with Crippen molar-refractivity contribution in [3.63, 3.8) is 0 Å². The molecule has 1 N–H and O–H groups in total. The Balaban J connectivity index is 0.000000739. The van der Waals surface area contributed by atoms with Crippen molar-refractivity contribution in [3.8, 4) is 11.8 Å². The maximum atomic E-state index is 12.9. The minimum Gasteiger partial charge on any atom is -0.496 e. The molecule has 1 fully saturated rings. The van der Waals surface area contributed by atoms with Crippen LogP contribution in [0.15, 0.2) is 55.3 Å². The van der Waals surface area contributed by atoms with Crippen molar-refractivity contribution in [2.24, 2.45) is 0 Å². The highest BCUT2D eigenvalue weighted by atomic mass is 16.5. The molecule has 1 aromatic carbocycles. The van der Waals surface area contributed by atoms with Gasteiger partial charge in [0.2, 0.25) is 5.91 Å². The lowest BCUT2D eigenvalue weighted by atomic mass is 10.0. The van der Waals surface area contributed by atoms with E-state index in [1.54, 1.807) is 23.1 Å². The molecule has 34 heavy (non-hydrogen) atoms. The fraction of sp³-hybridized carbons (Fsp3) is 0.308. The highest BCUT2D eigenvalue weighted by Gasteiger charge is 2.30. The first-order valence-electron chi connectivity index (χ1n) is 11.0. The average molecular weight is 463 g/mol. The molecule has 1 aliphatic heterocycles. The molecule has 0 bridgehead atoms. The number of nitrogens with one attached hydrogen (secondary N) is 1. The average Bonchev–Trinajstić information content (AvgIpc) is 3.32. The lowest BCUT2D eigenvalue weighted by molar-refractivity contribution is -0.134. The first-order valence-corrected chi connectivity index (χ1v) is 11.0. The van der Waals surface area contributed by atoms with Gasteiger partial charge in [-0.3, -0.25) is 14.4 Å².